The van der Waals surface area contributed by atoms with Gasteiger partial charge in [0, 0.05) is 0 Å². The number of rotatable bonds is 5. The third kappa shape index (κ3) is 3.71. The van der Waals surface area contributed by atoms with E-state index in [-0.39, 0.29) is 12.1 Å². The van der Waals surface area contributed by atoms with Crippen LogP contribution in [-0.2, 0) is 0 Å². The fourth-order valence-corrected chi connectivity index (χ4v) is 2.81. The van der Waals surface area contributed by atoms with Crippen LogP contribution in [-0.4, -0.2) is 0 Å². The predicted molar refractivity (Wildman–Crippen MR) is 97.4 cm³/mol. The van der Waals surface area contributed by atoms with Crippen LogP contribution in [0.5, 0.6) is 0 Å². The largest absolute Gasteiger partial charge is 0.287 e. The quantitative estimate of drug-likeness (QED) is 0.723. The van der Waals surface area contributed by atoms with Gasteiger partial charge in [-0.1, -0.05) is 90.5 Å². The molecule has 0 spiro atoms. The first kappa shape index (κ1) is 16.0. The molecule has 3 aromatic rings. The van der Waals surface area contributed by atoms with Gasteiger partial charge in [-0.25, -0.2) is 0 Å². The van der Waals surface area contributed by atoms with Gasteiger partial charge in [0.1, 0.15) is 6.04 Å². The van der Waals surface area contributed by atoms with Crippen molar-refractivity contribution in [2.24, 2.45) is 0 Å². The smallest absolute Gasteiger partial charge is 0.122 e. The van der Waals surface area contributed by atoms with Crippen molar-refractivity contribution in [3.63, 3.8) is 0 Å². The van der Waals surface area contributed by atoms with Crippen LogP contribution in [0.15, 0.2) is 84.9 Å². The number of benzene rings is 3. The first-order valence-electron chi connectivity index (χ1n) is 8.10. The minimum absolute atomic E-state index is 0.0293. The molecule has 0 aliphatic heterocycles. The summed E-state index contributed by atoms with van der Waals surface area (Å²) < 4.78 is 0. The molecule has 0 amide bonds. The summed E-state index contributed by atoms with van der Waals surface area (Å²) in [6, 6.07) is 30.6. The van der Waals surface area contributed by atoms with Crippen LogP contribution in [0.4, 0.5) is 0 Å². The standard InChI is InChI=1S/C22H20N2/c1-17-12-14-18(15-13-17)21(16-23)24-22(19-8-4-2-5-9-19)20-10-6-3-7-11-20/h2-15,21-22,24H,1H3/t21-/m1/s1/i2+1,4+1,5+1,8+1,9+1,19+1/t21-,22-. The number of nitriles is 1. The maximum Gasteiger partial charge on any atom is 0.122 e. The summed E-state index contributed by atoms with van der Waals surface area (Å²) in [7, 11) is 0. The lowest BCUT2D eigenvalue weighted by Gasteiger charge is -2.23. The van der Waals surface area contributed by atoms with Crippen molar-refractivity contribution in [3.05, 3.63) is 107 Å². The van der Waals surface area contributed by atoms with E-state index in [2.05, 4.69) is 42.6 Å². The van der Waals surface area contributed by atoms with E-state index in [1.54, 1.807) is 0 Å². The second-order valence-corrected chi connectivity index (χ2v) is 5.89. The number of nitrogens with zero attached hydrogens (tertiary/aromatic N) is 1. The van der Waals surface area contributed by atoms with Gasteiger partial charge in [-0.15, -0.1) is 0 Å². The molecular formula is C22H20N2. The number of aryl methyl sites for hydroxylation is 1. The molecule has 0 saturated carbocycles. The van der Waals surface area contributed by atoms with Gasteiger partial charge in [0.05, 0.1) is 12.1 Å². The Labute approximate surface area is 143 Å². The average Bonchev–Trinajstić information content (AvgIpc) is 2.65. The molecule has 0 fully saturated rings. The fourth-order valence-electron chi connectivity index (χ4n) is 2.81. The molecule has 3 aromatic carbocycles. The molecule has 0 unspecified atom stereocenters. The van der Waals surface area contributed by atoms with Gasteiger partial charge in [0.15, 0.2) is 0 Å². The van der Waals surface area contributed by atoms with E-state index in [1.165, 1.54) is 5.56 Å². The Morgan fingerprint density at radius 1 is 0.708 bits per heavy atom. The second-order valence-electron chi connectivity index (χ2n) is 5.89. The number of hydrogen-bond donors (Lipinski definition) is 1. The van der Waals surface area contributed by atoms with Crippen molar-refractivity contribution in [1.82, 2.24) is 5.32 Å². The molecule has 118 valence electrons. The molecule has 2 atom stereocenters. The van der Waals surface area contributed by atoms with Crippen LogP contribution in [0.3, 0.4) is 0 Å². The molecule has 0 bridgehead atoms. The van der Waals surface area contributed by atoms with Gasteiger partial charge in [0.25, 0.3) is 0 Å². The molecule has 0 aromatic heterocycles. The molecule has 0 heterocycles. The molecule has 2 heteroatoms. The van der Waals surface area contributed by atoms with Gasteiger partial charge >= 0.3 is 0 Å². The van der Waals surface area contributed by atoms with Gasteiger partial charge in [0.2, 0.25) is 0 Å². The minimum Gasteiger partial charge on any atom is -0.287 e. The Morgan fingerprint density at radius 3 is 1.67 bits per heavy atom. The van der Waals surface area contributed by atoms with Crippen molar-refractivity contribution >= 4 is 0 Å². The molecule has 3 rings (SSSR count). The SMILES string of the molecule is Cc1ccc([C@@H](C#N)N[C@@H](c2ccccc2)[13c]2[13cH][13cH][13cH][13cH][13cH]2)cc1. The Bertz CT molecular complexity index is 763. The number of hydrogen-bond acceptors (Lipinski definition) is 2. The van der Waals surface area contributed by atoms with Crippen molar-refractivity contribution in [2.45, 2.75) is 19.0 Å². The zero-order valence-electron chi connectivity index (χ0n) is 13.7. The fraction of sp³-hybridized carbons (Fsp3) is 0.136. The molecule has 2 nitrogen and oxygen atoms in total. The molecule has 0 radical (unpaired) electrons. The second kappa shape index (κ2) is 7.59. The van der Waals surface area contributed by atoms with Gasteiger partial charge in [-0.3, -0.25) is 5.32 Å². The molecular weight excluding hydrogens is 298 g/mol. The highest BCUT2D eigenvalue weighted by molar-refractivity contribution is 5.34. The van der Waals surface area contributed by atoms with E-state index in [0.717, 1.165) is 16.7 Å². The van der Waals surface area contributed by atoms with E-state index in [1.807, 2.05) is 60.7 Å². The lowest BCUT2D eigenvalue weighted by molar-refractivity contribution is 0.559. The van der Waals surface area contributed by atoms with E-state index in [9.17, 15) is 5.26 Å². The van der Waals surface area contributed by atoms with Crippen molar-refractivity contribution < 1.29 is 0 Å². The highest BCUT2D eigenvalue weighted by Crippen LogP contribution is 2.26. The third-order valence-electron chi connectivity index (χ3n) is 4.14. The molecule has 1 N–H and O–H groups in total. The van der Waals surface area contributed by atoms with Crippen LogP contribution in [0.1, 0.15) is 34.3 Å². The van der Waals surface area contributed by atoms with Gasteiger partial charge < -0.3 is 0 Å². The average molecular weight is 318 g/mol. The van der Waals surface area contributed by atoms with E-state index in [0.29, 0.717) is 0 Å². The van der Waals surface area contributed by atoms with Crippen LogP contribution < -0.4 is 5.32 Å². The van der Waals surface area contributed by atoms with Crippen LogP contribution in [0.2, 0.25) is 0 Å². The van der Waals surface area contributed by atoms with Crippen LogP contribution >= 0.6 is 0 Å². The predicted octanol–water partition coefficient (Wildman–Crippen LogP) is 4.94. The first-order chi connectivity index (χ1) is 11.8. The van der Waals surface area contributed by atoms with E-state index >= 15 is 0 Å². The van der Waals surface area contributed by atoms with Crippen molar-refractivity contribution in [3.8, 4) is 6.07 Å². The van der Waals surface area contributed by atoms with Crippen LogP contribution in [0.25, 0.3) is 0 Å². The molecule has 24 heavy (non-hydrogen) atoms. The summed E-state index contributed by atoms with van der Waals surface area (Å²) in [5.74, 6) is 0. The molecule has 0 saturated heterocycles. The summed E-state index contributed by atoms with van der Waals surface area (Å²) in [5.41, 5.74) is 4.48. The van der Waals surface area contributed by atoms with E-state index in [4.69, 9.17) is 0 Å². The van der Waals surface area contributed by atoms with Crippen molar-refractivity contribution in [2.75, 3.05) is 0 Å². The lowest BCUT2D eigenvalue weighted by Crippen LogP contribution is -2.26. The monoisotopic (exact) mass is 318 g/mol. The summed E-state index contributed by atoms with van der Waals surface area (Å²) >= 11 is 0. The van der Waals surface area contributed by atoms with Gasteiger partial charge in [-0.05, 0) is 23.6 Å². The van der Waals surface area contributed by atoms with Crippen LogP contribution in [0, 0.1) is 18.3 Å². The maximum atomic E-state index is 9.68. The summed E-state index contributed by atoms with van der Waals surface area (Å²) in [4.78, 5) is 0. The minimum atomic E-state index is -0.365. The zero-order chi connectivity index (χ0) is 16.8. The van der Waals surface area contributed by atoms with Crippen molar-refractivity contribution in [1.29, 1.82) is 5.26 Å². The summed E-state index contributed by atoms with van der Waals surface area (Å²) in [5, 5.41) is 13.2. The highest BCUT2D eigenvalue weighted by atomic mass is 15.0. The Kier molecular flexibility index (Phi) is 5.05. The third-order valence-corrected chi connectivity index (χ3v) is 4.14. The Balaban J connectivity index is 1.94. The highest BCUT2D eigenvalue weighted by Gasteiger charge is 2.19. The molecule has 0 aliphatic rings. The number of nitrogens with one attached hydrogen (secondary N) is 1. The first-order valence-corrected chi connectivity index (χ1v) is 8.10. The maximum absolute atomic E-state index is 9.68. The van der Waals surface area contributed by atoms with E-state index < -0.39 is 0 Å². The summed E-state index contributed by atoms with van der Waals surface area (Å²) in [6.07, 6.45) is 0. The normalized spacial score (nSPS) is 13.0. The summed E-state index contributed by atoms with van der Waals surface area (Å²) in [6.45, 7) is 2.05. The van der Waals surface area contributed by atoms with Gasteiger partial charge in [-0.2, -0.15) is 5.26 Å². The zero-order valence-corrected chi connectivity index (χ0v) is 13.7. The topological polar surface area (TPSA) is 35.8 Å². The molecule has 0 aliphatic carbocycles. The Hall–Kier alpha value is -2.89. The lowest BCUT2D eigenvalue weighted by atomic mass is 10.0. The Morgan fingerprint density at radius 2 is 1.21 bits per heavy atom.